The molecule has 0 bridgehead atoms. The van der Waals surface area contributed by atoms with Gasteiger partial charge in [-0.25, -0.2) is 13.4 Å². The van der Waals surface area contributed by atoms with Crippen LogP contribution in [0.1, 0.15) is 0 Å². The molecule has 0 aliphatic carbocycles. The maximum atomic E-state index is 12.6. The third kappa shape index (κ3) is 3.40. The Hall–Kier alpha value is -2.52. The SMILES string of the molecule is CN1CCN(c2ccc(NS(=O)(=O)c3ccc4c(c3)OCO4)cn2)CC1. The highest BCUT2D eigenvalue weighted by atomic mass is 32.2. The molecule has 0 spiro atoms. The Morgan fingerprint density at radius 1 is 1.04 bits per heavy atom. The minimum absolute atomic E-state index is 0.101. The van der Waals surface area contributed by atoms with E-state index in [2.05, 4.69) is 26.6 Å². The summed E-state index contributed by atoms with van der Waals surface area (Å²) in [6, 6.07) is 8.10. The molecule has 1 aromatic heterocycles. The Morgan fingerprint density at radius 2 is 1.81 bits per heavy atom. The van der Waals surface area contributed by atoms with E-state index in [1.165, 1.54) is 18.3 Å². The maximum absolute atomic E-state index is 12.6. The first kappa shape index (κ1) is 16.9. The fourth-order valence-electron chi connectivity index (χ4n) is 2.93. The van der Waals surface area contributed by atoms with Gasteiger partial charge in [0.25, 0.3) is 10.0 Å². The summed E-state index contributed by atoms with van der Waals surface area (Å²) >= 11 is 0. The summed E-state index contributed by atoms with van der Waals surface area (Å²) in [7, 11) is -1.63. The van der Waals surface area contributed by atoms with Gasteiger partial charge in [0.15, 0.2) is 11.5 Å². The van der Waals surface area contributed by atoms with E-state index in [-0.39, 0.29) is 11.7 Å². The van der Waals surface area contributed by atoms with Crippen LogP contribution in [0.4, 0.5) is 11.5 Å². The predicted molar refractivity (Wildman–Crippen MR) is 97.3 cm³/mol. The molecule has 1 N–H and O–H groups in total. The molecule has 26 heavy (non-hydrogen) atoms. The molecule has 138 valence electrons. The van der Waals surface area contributed by atoms with Crippen LogP contribution in [0.25, 0.3) is 0 Å². The van der Waals surface area contributed by atoms with Crippen molar-refractivity contribution >= 4 is 21.5 Å². The largest absolute Gasteiger partial charge is 0.454 e. The zero-order valence-electron chi connectivity index (χ0n) is 14.4. The number of benzene rings is 1. The van der Waals surface area contributed by atoms with Crippen LogP contribution < -0.4 is 19.1 Å². The van der Waals surface area contributed by atoms with Gasteiger partial charge in [0.05, 0.1) is 16.8 Å². The van der Waals surface area contributed by atoms with Crippen LogP contribution in [0.5, 0.6) is 11.5 Å². The molecule has 8 nitrogen and oxygen atoms in total. The smallest absolute Gasteiger partial charge is 0.262 e. The molecule has 1 saturated heterocycles. The van der Waals surface area contributed by atoms with Crippen LogP contribution in [0.2, 0.25) is 0 Å². The van der Waals surface area contributed by atoms with Gasteiger partial charge in [-0.05, 0) is 31.3 Å². The fraction of sp³-hybridized carbons (Fsp3) is 0.353. The standard InChI is InChI=1S/C17H20N4O4S/c1-20-6-8-21(9-7-20)17-5-2-13(11-18-17)19-26(22,23)14-3-4-15-16(10-14)25-12-24-15/h2-5,10-11,19H,6-9,12H2,1H3. The lowest BCUT2D eigenvalue weighted by atomic mass is 10.3. The number of anilines is 2. The first-order chi connectivity index (χ1) is 12.5. The molecule has 1 fully saturated rings. The summed E-state index contributed by atoms with van der Waals surface area (Å²) in [6.45, 7) is 3.89. The van der Waals surface area contributed by atoms with Gasteiger partial charge in [0, 0.05) is 32.2 Å². The van der Waals surface area contributed by atoms with E-state index in [0.717, 1.165) is 32.0 Å². The van der Waals surface area contributed by atoms with Crippen LogP contribution in [0, 0.1) is 0 Å². The van der Waals surface area contributed by atoms with Crippen molar-refractivity contribution in [3.05, 3.63) is 36.5 Å². The van der Waals surface area contributed by atoms with Gasteiger partial charge in [0.2, 0.25) is 6.79 Å². The number of hydrogen-bond donors (Lipinski definition) is 1. The van der Waals surface area contributed by atoms with Gasteiger partial charge in [-0.3, -0.25) is 4.72 Å². The van der Waals surface area contributed by atoms with Crippen LogP contribution in [-0.2, 0) is 10.0 Å². The van der Waals surface area contributed by atoms with Gasteiger partial charge in [0.1, 0.15) is 5.82 Å². The Labute approximate surface area is 152 Å². The average molecular weight is 376 g/mol. The number of rotatable bonds is 4. The first-order valence-corrected chi connectivity index (χ1v) is 9.82. The number of likely N-dealkylation sites (N-methyl/N-ethyl adjacent to an activating group) is 1. The number of fused-ring (bicyclic) bond motifs is 1. The summed E-state index contributed by atoms with van der Waals surface area (Å²) in [5, 5.41) is 0. The zero-order chi connectivity index (χ0) is 18.1. The molecule has 1 aromatic carbocycles. The number of ether oxygens (including phenoxy) is 2. The summed E-state index contributed by atoms with van der Waals surface area (Å²) in [5.41, 5.74) is 0.417. The van der Waals surface area contributed by atoms with Gasteiger partial charge >= 0.3 is 0 Å². The van der Waals surface area contributed by atoms with Crippen LogP contribution in [0.3, 0.4) is 0 Å². The van der Waals surface area contributed by atoms with Crippen molar-refractivity contribution < 1.29 is 17.9 Å². The Morgan fingerprint density at radius 3 is 2.54 bits per heavy atom. The topological polar surface area (TPSA) is 84.0 Å². The second kappa shape index (κ2) is 6.65. The normalized spacial score (nSPS) is 17.3. The highest BCUT2D eigenvalue weighted by Gasteiger charge is 2.21. The molecular formula is C17H20N4O4S. The molecular weight excluding hydrogens is 356 g/mol. The van der Waals surface area contributed by atoms with Crippen molar-refractivity contribution in [1.29, 1.82) is 0 Å². The van der Waals surface area contributed by atoms with E-state index in [1.807, 2.05) is 6.07 Å². The second-order valence-electron chi connectivity index (χ2n) is 6.32. The summed E-state index contributed by atoms with van der Waals surface area (Å²) in [5.74, 6) is 1.82. The van der Waals surface area contributed by atoms with Crippen molar-refractivity contribution in [2.45, 2.75) is 4.90 Å². The lowest BCUT2D eigenvalue weighted by Crippen LogP contribution is -2.44. The van der Waals surface area contributed by atoms with E-state index in [9.17, 15) is 8.42 Å². The number of aromatic nitrogens is 1. The molecule has 2 aliphatic rings. The van der Waals surface area contributed by atoms with Gasteiger partial charge < -0.3 is 19.3 Å². The molecule has 0 amide bonds. The lowest BCUT2D eigenvalue weighted by molar-refractivity contribution is 0.174. The minimum Gasteiger partial charge on any atom is -0.454 e. The van der Waals surface area contributed by atoms with Gasteiger partial charge in [-0.1, -0.05) is 0 Å². The number of nitrogens with zero attached hydrogens (tertiary/aromatic N) is 3. The molecule has 4 rings (SSSR count). The molecule has 0 unspecified atom stereocenters. The number of sulfonamides is 1. The van der Waals surface area contributed by atoms with E-state index in [0.29, 0.717) is 17.2 Å². The summed E-state index contributed by atoms with van der Waals surface area (Å²) in [4.78, 5) is 8.97. The van der Waals surface area contributed by atoms with E-state index >= 15 is 0 Å². The lowest BCUT2D eigenvalue weighted by Gasteiger charge is -2.33. The van der Waals surface area contributed by atoms with E-state index in [4.69, 9.17) is 9.47 Å². The average Bonchev–Trinajstić information content (AvgIpc) is 3.11. The second-order valence-corrected chi connectivity index (χ2v) is 8.00. The molecule has 9 heteroatoms. The third-order valence-electron chi connectivity index (χ3n) is 4.48. The maximum Gasteiger partial charge on any atom is 0.262 e. The van der Waals surface area contributed by atoms with E-state index in [1.54, 1.807) is 12.1 Å². The number of hydrogen-bond acceptors (Lipinski definition) is 7. The van der Waals surface area contributed by atoms with Crippen LogP contribution in [0.15, 0.2) is 41.4 Å². The van der Waals surface area contributed by atoms with Crippen LogP contribution >= 0.6 is 0 Å². The molecule has 2 aromatic rings. The summed E-state index contributed by atoms with van der Waals surface area (Å²) in [6.07, 6.45) is 1.54. The van der Waals surface area contributed by atoms with E-state index < -0.39 is 10.0 Å². The highest BCUT2D eigenvalue weighted by molar-refractivity contribution is 7.92. The Balaban J connectivity index is 1.48. The highest BCUT2D eigenvalue weighted by Crippen LogP contribution is 2.34. The van der Waals surface area contributed by atoms with Crippen molar-refractivity contribution in [2.75, 3.05) is 49.6 Å². The molecule has 2 aliphatic heterocycles. The number of piperazine rings is 1. The van der Waals surface area contributed by atoms with Gasteiger partial charge in [-0.15, -0.1) is 0 Å². The van der Waals surface area contributed by atoms with Crippen LogP contribution in [-0.4, -0.2) is 58.3 Å². The first-order valence-electron chi connectivity index (χ1n) is 8.33. The fourth-order valence-corrected chi connectivity index (χ4v) is 3.99. The van der Waals surface area contributed by atoms with Crippen molar-refractivity contribution in [1.82, 2.24) is 9.88 Å². The molecule has 3 heterocycles. The Kier molecular flexibility index (Phi) is 4.33. The molecule has 0 radical (unpaired) electrons. The van der Waals surface area contributed by atoms with Gasteiger partial charge in [-0.2, -0.15) is 0 Å². The van der Waals surface area contributed by atoms with Crippen molar-refractivity contribution in [2.24, 2.45) is 0 Å². The predicted octanol–water partition coefficient (Wildman–Crippen LogP) is 1.36. The molecule has 0 saturated carbocycles. The summed E-state index contributed by atoms with van der Waals surface area (Å²) < 4.78 is 38.1. The third-order valence-corrected chi connectivity index (χ3v) is 5.86. The zero-order valence-corrected chi connectivity index (χ0v) is 15.2. The van der Waals surface area contributed by atoms with Crippen molar-refractivity contribution in [3.8, 4) is 11.5 Å². The molecule has 0 atom stereocenters. The number of nitrogens with one attached hydrogen (secondary N) is 1. The number of pyridine rings is 1. The Bertz CT molecular complexity index is 893. The quantitative estimate of drug-likeness (QED) is 0.863. The minimum atomic E-state index is -3.73. The van der Waals surface area contributed by atoms with Crippen molar-refractivity contribution in [3.63, 3.8) is 0 Å². The monoisotopic (exact) mass is 376 g/mol.